The Hall–Kier alpha value is -1.64. The Kier molecular flexibility index (Phi) is 8.41. The first-order valence-electron chi connectivity index (χ1n) is 6.59. The van der Waals surface area contributed by atoms with Crippen molar-refractivity contribution in [2.45, 2.75) is 20.0 Å². The summed E-state index contributed by atoms with van der Waals surface area (Å²) in [5.74, 6) is -0.765. The smallest absolute Gasteiger partial charge is 0.456 e. The highest BCUT2D eigenvalue weighted by atomic mass is 16.6. The zero-order valence-electron chi connectivity index (χ0n) is 12.2. The fourth-order valence-corrected chi connectivity index (χ4v) is 1.42. The van der Waals surface area contributed by atoms with Gasteiger partial charge in [-0.05, 0) is 0 Å². The Bertz CT molecular complexity index is 461. The minimum Gasteiger partial charge on any atom is -0.456 e. The third kappa shape index (κ3) is 7.07. The fraction of sp³-hybridized carbons (Fsp3) is 0.692. The lowest BCUT2D eigenvalue weighted by Crippen LogP contribution is -2.16. The summed E-state index contributed by atoms with van der Waals surface area (Å²) in [7, 11) is 1.59. The lowest BCUT2D eigenvalue weighted by atomic mass is 10.3. The molecule has 0 N–H and O–H groups in total. The largest absolute Gasteiger partial charge is 0.519 e. The SMILES string of the molecule is CCc1oc(=O)oc1COC(=O)COCCOCCOC. The summed E-state index contributed by atoms with van der Waals surface area (Å²) in [5.41, 5.74) is 0. The maximum absolute atomic E-state index is 11.4. The van der Waals surface area contributed by atoms with Crippen molar-refractivity contribution in [3.63, 3.8) is 0 Å². The van der Waals surface area contributed by atoms with Gasteiger partial charge in [0.05, 0.1) is 26.4 Å². The molecule has 8 heteroatoms. The monoisotopic (exact) mass is 304 g/mol. The molecule has 0 aliphatic heterocycles. The Morgan fingerprint density at radius 1 is 1.05 bits per heavy atom. The molecule has 0 unspecified atom stereocenters. The molecule has 0 fully saturated rings. The van der Waals surface area contributed by atoms with E-state index in [1.807, 2.05) is 0 Å². The maximum Gasteiger partial charge on any atom is 0.519 e. The number of carbonyl (C=O) groups is 1. The summed E-state index contributed by atoms with van der Waals surface area (Å²) in [6.45, 7) is 3.08. The highest BCUT2D eigenvalue weighted by Gasteiger charge is 2.13. The van der Waals surface area contributed by atoms with Crippen molar-refractivity contribution in [2.75, 3.05) is 40.1 Å². The van der Waals surface area contributed by atoms with Gasteiger partial charge >= 0.3 is 11.8 Å². The van der Waals surface area contributed by atoms with E-state index >= 15 is 0 Å². The van der Waals surface area contributed by atoms with Gasteiger partial charge in [0.1, 0.15) is 6.61 Å². The Morgan fingerprint density at radius 3 is 2.43 bits per heavy atom. The van der Waals surface area contributed by atoms with Crippen LogP contribution in [-0.4, -0.2) is 46.1 Å². The van der Waals surface area contributed by atoms with Crippen LogP contribution in [0.25, 0.3) is 0 Å². The summed E-state index contributed by atoms with van der Waals surface area (Å²) in [6.07, 6.45) is 0.480. The standard InChI is InChI=1S/C13H20O8/c1-3-10-11(21-13(15)20-10)8-19-12(14)9-18-7-6-17-5-4-16-2/h3-9H2,1-2H3. The zero-order valence-corrected chi connectivity index (χ0v) is 12.2. The quantitative estimate of drug-likeness (QED) is 0.431. The summed E-state index contributed by atoms with van der Waals surface area (Å²) in [5, 5.41) is 0. The molecule has 0 saturated heterocycles. The van der Waals surface area contributed by atoms with Crippen LogP contribution >= 0.6 is 0 Å². The van der Waals surface area contributed by atoms with Gasteiger partial charge in [-0.1, -0.05) is 6.92 Å². The van der Waals surface area contributed by atoms with Gasteiger partial charge < -0.3 is 27.8 Å². The predicted octanol–water partition coefficient (Wildman–Crippen LogP) is 0.518. The molecule has 0 spiro atoms. The van der Waals surface area contributed by atoms with Crippen LogP contribution in [0.4, 0.5) is 0 Å². The van der Waals surface area contributed by atoms with Gasteiger partial charge in [0.2, 0.25) is 0 Å². The number of rotatable bonds is 11. The second kappa shape index (κ2) is 10.1. The number of hydrogen-bond donors (Lipinski definition) is 0. The van der Waals surface area contributed by atoms with Crippen LogP contribution < -0.4 is 5.82 Å². The van der Waals surface area contributed by atoms with Crippen molar-refractivity contribution in [1.82, 2.24) is 0 Å². The van der Waals surface area contributed by atoms with E-state index in [1.54, 1.807) is 14.0 Å². The Balaban J connectivity index is 2.12. The van der Waals surface area contributed by atoms with E-state index in [9.17, 15) is 9.59 Å². The zero-order chi connectivity index (χ0) is 15.5. The van der Waals surface area contributed by atoms with E-state index in [2.05, 4.69) is 0 Å². The highest BCUT2D eigenvalue weighted by molar-refractivity contribution is 5.70. The number of hydrogen-bond acceptors (Lipinski definition) is 8. The van der Waals surface area contributed by atoms with Crippen LogP contribution in [0.5, 0.6) is 0 Å². The molecule has 0 amide bonds. The third-order valence-corrected chi connectivity index (χ3v) is 2.43. The molecule has 0 radical (unpaired) electrons. The van der Waals surface area contributed by atoms with Gasteiger partial charge in [0.15, 0.2) is 18.1 Å². The number of aryl methyl sites for hydroxylation is 1. The molecule has 120 valence electrons. The first kappa shape index (κ1) is 17.4. The Labute approximate surface area is 121 Å². The number of carbonyl (C=O) groups excluding carboxylic acids is 1. The van der Waals surface area contributed by atoms with Crippen molar-refractivity contribution in [3.05, 3.63) is 22.1 Å². The molecule has 1 aromatic rings. The first-order chi connectivity index (χ1) is 10.2. The average Bonchev–Trinajstić information content (AvgIpc) is 2.84. The molecule has 0 atom stereocenters. The molecule has 0 aliphatic rings. The Morgan fingerprint density at radius 2 is 1.71 bits per heavy atom. The van der Waals surface area contributed by atoms with E-state index in [-0.39, 0.29) is 25.6 Å². The molecule has 0 bridgehead atoms. The normalized spacial score (nSPS) is 10.8. The molecule has 1 heterocycles. The predicted molar refractivity (Wildman–Crippen MR) is 69.9 cm³/mol. The molecule has 0 aromatic carbocycles. The molecular weight excluding hydrogens is 284 g/mol. The van der Waals surface area contributed by atoms with E-state index in [4.69, 9.17) is 27.8 Å². The minimum absolute atomic E-state index is 0.151. The molecule has 21 heavy (non-hydrogen) atoms. The first-order valence-corrected chi connectivity index (χ1v) is 6.59. The molecular formula is C13H20O8. The lowest BCUT2D eigenvalue weighted by molar-refractivity contribution is -0.151. The number of ether oxygens (including phenoxy) is 4. The second-order valence-corrected chi connectivity index (χ2v) is 3.97. The second-order valence-electron chi connectivity index (χ2n) is 3.97. The maximum atomic E-state index is 11.4. The van der Waals surface area contributed by atoms with Crippen LogP contribution in [-0.2, 0) is 36.8 Å². The molecule has 1 rings (SSSR count). The summed E-state index contributed by atoms with van der Waals surface area (Å²) < 4.78 is 29.5. The van der Waals surface area contributed by atoms with E-state index in [0.29, 0.717) is 32.0 Å². The van der Waals surface area contributed by atoms with Crippen LogP contribution in [0.1, 0.15) is 18.4 Å². The van der Waals surface area contributed by atoms with E-state index < -0.39 is 11.8 Å². The van der Waals surface area contributed by atoms with Gasteiger partial charge in [-0.15, -0.1) is 0 Å². The molecule has 1 aromatic heterocycles. The average molecular weight is 304 g/mol. The number of esters is 1. The van der Waals surface area contributed by atoms with Crippen LogP contribution in [0.15, 0.2) is 13.6 Å². The fourth-order valence-electron chi connectivity index (χ4n) is 1.42. The van der Waals surface area contributed by atoms with Gasteiger partial charge in [-0.2, -0.15) is 0 Å². The van der Waals surface area contributed by atoms with Crippen molar-refractivity contribution >= 4 is 5.97 Å². The third-order valence-electron chi connectivity index (χ3n) is 2.43. The summed E-state index contributed by atoms with van der Waals surface area (Å²) in [4.78, 5) is 22.3. The van der Waals surface area contributed by atoms with Crippen LogP contribution in [0.2, 0.25) is 0 Å². The van der Waals surface area contributed by atoms with Gasteiger partial charge in [0.25, 0.3) is 0 Å². The number of methoxy groups -OCH3 is 1. The lowest BCUT2D eigenvalue weighted by Gasteiger charge is -2.05. The van der Waals surface area contributed by atoms with E-state index in [1.165, 1.54) is 0 Å². The van der Waals surface area contributed by atoms with Gasteiger partial charge in [-0.3, -0.25) is 0 Å². The summed E-state index contributed by atoms with van der Waals surface area (Å²) in [6, 6.07) is 0. The van der Waals surface area contributed by atoms with Crippen LogP contribution in [0, 0.1) is 0 Å². The molecule has 8 nitrogen and oxygen atoms in total. The van der Waals surface area contributed by atoms with Crippen molar-refractivity contribution < 1.29 is 32.6 Å². The molecule has 0 aliphatic carbocycles. The highest BCUT2D eigenvalue weighted by Crippen LogP contribution is 2.09. The van der Waals surface area contributed by atoms with Crippen molar-refractivity contribution in [1.29, 1.82) is 0 Å². The van der Waals surface area contributed by atoms with E-state index in [0.717, 1.165) is 0 Å². The van der Waals surface area contributed by atoms with Crippen molar-refractivity contribution in [3.8, 4) is 0 Å². The van der Waals surface area contributed by atoms with Gasteiger partial charge in [0, 0.05) is 13.5 Å². The van der Waals surface area contributed by atoms with Crippen LogP contribution in [0.3, 0.4) is 0 Å². The molecule has 0 saturated carbocycles. The summed E-state index contributed by atoms with van der Waals surface area (Å²) >= 11 is 0. The minimum atomic E-state index is -0.803. The topological polar surface area (TPSA) is 97.3 Å². The van der Waals surface area contributed by atoms with Gasteiger partial charge in [-0.25, -0.2) is 9.59 Å². The van der Waals surface area contributed by atoms with Crippen molar-refractivity contribution in [2.24, 2.45) is 0 Å².